The Balaban J connectivity index is 1.55. The van der Waals surface area contributed by atoms with Gasteiger partial charge in [-0.3, -0.25) is 4.90 Å². The van der Waals surface area contributed by atoms with Crippen molar-refractivity contribution in [3.8, 4) is 0 Å². The van der Waals surface area contributed by atoms with Crippen molar-refractivity contribution in [2.45, 2.75) is 51.0 Å². The average molecular weight is 272 g/mol. The summed E-state index contributed by atoms with van der Waals surface area (Å²) in [5.74, 6) is 0. The molecule has 1 aliphatic heterocycles. The van der Waals surface area contributed by atoms with Gasteiger partial charge in [-0.15, -0.1) is 0 Å². The van der Waals surface area contributed by atoms with E-state index in [1.54, 1.807) is 0 Å². The summed E-state index contributed by atoms with van der Waals surface area (Å²) in [7, 11) is 0. The molecule has 1 aromatic rings. The maximum Gasteiger partial charge on any atom is 0.0309 e. The Morgan fingerprint density at radius 3 is 2.85 bits per heavy atom. The number of piperazine rings is 1. The molecular formula is C18H28N2. The fraction of sp³-hybridized carbons (Fsp3) is 0.667. The minimum atomic E-state index is 0.448. The fourth-order valence-corrected chi connectivity index (χ4v) is 3.95. The summed E-state index contributed by atoms with van der Waals surface area (Å²) in [6.45, 7) is 7.05. The van der Waals surface area contributed by atoms with Gasteiger partial charge in [0.15, 0.2) is 0 Å². The van der Waals surface area contributed by atoms with Gasteiger partial charge in [0.2, 0.25) is 0 Å². The molecule has 20 heavy (non-hydrogen) atoms. The second kappa shape index (κ2) is 6.28. The highest BCUT2D eigenvalue weighted by Crippen LogP contribution is 2.30. The SMILES string of the molecule is Cc1cccc(CCN2CCNC3(CCCCC3)C2)c1. The molecule has 2 heteroatoms. The van der Waals surface area contributed by atoms with Gasteiger partial charge in [0.05, 0.1) is 0 Å². The van der Waals surface area contributed by atoms with E-state index < -0.39 is 0 Å². The van der Waals surface area contributed by atoms with Crippen LogP contribution in [0.1, 0.15) is 43.2 Å². The normalized spacial score (nSPS) is 23.1. The average Bonchev–Trinajstić information content (AvgIpc) is 2.46. The molecule has 1 heterocycles. The van der Waals surface area contributed by atoms with Crippen LogP contribution in [0.2, 0.25) is 0 Å². The van der Waals surface area contributed by atoms with E-state index in [1.165, 1.54) is 75.8 Å². The van der Waals surface area contributed by atoms with Gasteiger partial charge >= 0.3 is 0 Å². The van der Waals surface area contributed by atoms with Crippen molar-refractivity contribution in [2.75, 3.05) is 26.2 Å². The summed E-state index contributed by atoms with van der Waals surface area (Å²) in [6.07, 6.45) is 8.23. The maximum atomic E-state index is 3.83. The summed E-state index contributed by atoms with van der Waals surface area (Å²) in [5.41, 5.74) is 3.32. The zero-order valence-electron chi connectivity index (χ0n) is 12.8. The van der Waals surface area contributed by atoms with Crippen LogP contribution < -0.4 is 5.32 Å². The van der Waals surface area contributed by atoms with Gasteiger partial charge in [-0.2, -0.15) is 0 Å². The zero-order chi connectivity index (χ0) is 13.8. The van der Waals surface area contributed by atoms with E-state index in [4.69, 9.17) is 0 Å². The smallest absolute Gasteiger partial charge is 0.0309 e. The van der Waals surface area contributed by atoms with Gasteiger partial charge < -0.3 is 5.32 Å². The number of hydrogen-bond acceptors (Lipinski definition) is 2. The van der Waals surface area contributed by atoms with Crippen molar-refractivity contribution in [1.82, 2.24) is 10.2 Å². The van der Waals surface area contributed by atoms with E-state index in [2.05, 4.69) is 41.4 Å². The predicted octanol–water partition coefficient (Wildman–Crippen LogP) is 3.15. The Kier molecular flexibility index (Phi) is 4.42. The van der Waals surface area contributed by atoms with E-state index in [9.17, 15) is 0 Å². The molecule has 0 bridgehead atoms. The number of rotatable bonds is 3. The Hall–Kier alpha value is -0.860. The minimum absolute atomic E-state index is 0.448. The van der Waals surface area contributed by atoms with Crippen LogP contribution in [0.15, 0.2) is 24.3 Å². The van der Waals surface area contributed by atoms with Crippen LogP contribution in [0, 0.1) is 6.92 Å². The molecule has 1 aromatic carbocycles. The molecule has 1 N–H and O–H groups in total. The molecule has 0 amide bonds. The lowest BCUT2D eigenvalue weighted by Crippen LogP contribution is -2.61. The van der Waals surface area contributed by atoms with Crippen LogP contribution in [0.5, 0.6) is 0 Å². The second-order valence-corrected chi connectivity index (χ2v) is 6.78. The van der Waals surface area contributed by atoms with E-state index in [0.29, 0.717) is 5.54 Å². The summed E-state index contributed by atoms with van der Waals surface area (Å²) >= 11 is 0. The number of hydrogen-bond donors (Lipinski definition) is 1. The van der Waals surface area contributed by atoms with Crippen LogP contribution in [-0.2, 0) is 6.42 Å². The number of nitrogens with zero attached hydrogens (tertiary/aromatic N) is 1. The van der Waals surface area contributed by atoms with Crippen molar-refractivity contribution < 1.29 is 0 Å². The Morgan fingerprint density at radius 1 is 1.20 bits per heavy atom. The van der Waals surface area contributed by atoms with E-state index in [0.717, 1.165) is 0 Å². The predicted molar refractivity (Wildman–Crippen MR) is 85.1 cm³/mol. The maximum absolute atomic E-state index is 3.83. The van der Waals surface area contributed by atoms with E-state index in [-0.39, 0.29) is 0 Å². The Bertz CT molecular complexity index is 429. The molecule has 2 aliphatic rings. The third-order valence-corrected chi connectivity index (χ3v) is 5.06. The first-order chi connectivity index (χ1) is 9.76. The molecule has 2 nitrogen and oxygen atoms in total. The molecule has 1 saturated carbocycles. The monoisotopic (exact) mass is 272 g/mol. The molecule has 0 aromatic heterocycles. The number of nitrogens with one attached hydrogen (secondary N) is 1. The molecule has 2 fully saturated rings. The van der Waals surface area contributed by atoms with E-state index >= 15 is 0 Å². The van der Waals surface area contributed by atoms with Crippen molar-refractivity contribution >= 4 is 0 Å². The van der Waals surface area contributed by atoms with Crippen LogP contribution in [0.25, 0.3) is 0 Å². The lowest BCUT2D eigenvalue weighted by Gasteiger charge is -2.46. The largest absolute Gasteiger partial charge is 0.309 e. The van der Waals surface area contributed by atoms with Gasteiger partial charge in [-0.25, -0.2) is 0 Å². The van der Waals surface area contributed by atoms with Gasteiger partial charge in [-0.05, 0) is 31.7 Å². The van der Waals surface area contributed by atoms with Crippen molar-refractivity contribution in [3.05, 3.63) is 35.4 Å². The van der Waals surface area contributed by atoms with Gasteiger partial charge in [0.1, 0.15) is 0 Å². The van der Waals surface area contributed by atoms with E-state index in [1.807, 2.05) is 0 Å². The first kappa shape index (κ1) is 14.1. The number of aryl methyl sites for hydroxylation is 1. The lowest BCUT2D eigenvalue weighted by molar-refractivity contribution is 0.100. The van der Waals surface area contributed by atoms with Crippen LogP contribution in [0.4, 0.5) is 0 Å². The van der Waals surface area contributed by atoms with Crippen LogP contribution >= 0.6 is 0 Å². The van der Waals surface area contributed by atoms with Crippen molar-refractivity contribution in [1.29, 1.82) is 0 Å². The molecular weight excluding hydrogens is 244 g/mol. The standard InChI is InChI=1S/C18H28N2/c1-16-6-5-7-17(14-16)8-12-20-13-11-19-18(15-20)9-3-2-4-10-18/h5-7,14,19H,2-4,8-13,15H2,1H3. The highest BCUT2D eigenvalue weighted by Gasteiger charge is 2.35. The van der Waals surface area contributed by atoms with Gasteiger partial charge in [0.25, 0.3) is 0 Å². The molecule has 3 rings (SSSR count). The second-order valence-electron chi connectivity index (χ2n) is 6.78. The summed E-state index contributed by atoms with van der Waals surface area (Å²) in [6, 6.07) is 8.97. The summed E-state index contributed by atoms with van der Waals surface area (Å²) < 4.78 is 0. The molecule has 1 aliphatic carbocycles. The van der Waals surface area contributed by atoms with Crippen LogP contribution in [-0.4, -0.2) is 36.6 Å². The molecule has 0 radical (unpaired) electrons. The lowest BCUT2D eigenvalue weighted by atomic mass is 9.80. The summed E-state index contributed by atoms with van der Waals surface area (Å²) in [5, 5.41) is 3.83. The third-order valence-electron chi connectivity index (χ3n) is 5.06. The zero-order valence-corrected chi connectivity index (χ0v) is 12.8. The molecule has 0 unspecified atom stereocenters. The fourth-order valence-electron chi connectivity index (χ4n) is 3.95. The van der Waals surface area contributed by atoms with Gasteiger partial charge in [-0.1, -0.05) is 49.1 Å². The third kappa shape index (κ3) is 3.42. The quantitative estimate of drug-likeness (QED) is 0.909. The van der Waals surface area contributed by atoms with Crippen molar-refractivity contribution in [3.63, 3.8) is 0 Å². The molecule has 1 saturated heterocycles. The minimum Gasteiger partial charge on any atom is -0.309 e. The topological polar surface area (TPSA) is 15.3 Å². The first-order valence-electron chi connectivity index (χ1n) is 8.29. The number of benzene rings is 1. The Labute approximate surface area is 123 Å². The Morgan fingerprint density at radius 2 is 2.05 bits per heavy atom. The molecule has 1 spiro atoms. The molecule has 110 valence electrons. The first-order valence-corrected chi connectivity index (χ1v) is 8.29. The highest BCUT2D eigenvalue weighted by atomic mass is 15.2. The highest BCUT2D eigenvalue weighted by molar-refractivity contribution is 5.22. The van der Waals surface area contributed by atoms with Crippen LogP contribution in [0.3, 0.4) is 0 Å². The summed E-state index contributed by atoms with van der Waals surface area (Å²) in [4.78, 5) is 2.68. The van der Waals surface area contributed by atoms with Gasteiger partial charge in [0, 0.05) is 31.7 Å². The molecule has 0 atom stereocenters. The van der Waals surface area contributed by atoms with Crippen molar-refractivity contribution in [2.24, 2.45) is 0 Å².